The third-order valence-corrected chi connectivity index (χ3v) is 4.89. The minimum absolute atomic E-state index is 0.0140. The summed E-state index contributed by atoms with van der Waals surface area (Å²) in [4.78, 5) is 31.1. The van der Waals surface area contributed by atoms with E-state index < -0.39 is 0 Å². The maximum Gasteiger partial charge on any atom is 0.255 e. The molecule has 1 N–H and O–H groups in total. The van der Waals surface area contributed by atoms with Crippen molar-refractivity contribution in [2.24, 2.45) is 0 Å². The highest BCUT2D eigenvalue weighted by Crippen LogP contribution is 2.30. The van der Waals surface area contributed by atoms with Crippen molar-refractivity contribution >= 4 is 11.8 Å². The molecule has 0 atom stereocenters. The average Bonchev–Trinajstić information content (AvgIpc) is 3.54. The fourth-order valence-corrected chi connectivity index (χ4v) is 2.97. The van der Waals surface area contributed by atoms with Gasteiger partial charge in [-0.3, -0.25) is 14.6 Å². The normalized spacial score (nSPS) is 16.2. The number of carbonyl (C=O) groups excluding carboxylic acids is 2. The number of hydrogen-bond donors (Lipinski definition) is 1. The lowest BCUT2D eigenvalue weighted by Crippen LogP contribution is -2.32. The van der Waals surface area contributed by atoms with Crippen LogP contribution in [0.1, 0.15) is 57.7 Å². The summed E-state index contributed by atoms with van der Waals surface area (Å²) in [6, 6.07) is 11.9. The summed E-state index contributed by atoms with van der Waals surface area (Å²) in [5, 5.41) is 2.99. The molecular formula is C21H23N3O2. The molecule has 2 fully saturated rings. The van der Waals surface area contributed by atoms with Crippen LogP contribution in [0.4, 0.5) is 0 Å². The second kappa shape index (κ2) is 6.90. The van der Waals surface area contributed by atoms with E-state index in [2.05, 4.69) is 10.3 Å². The van der Waals surface area contributed by atoms with E-state index in [0.717, 1.165) is 36.9 Å². The molecule has 2 saturated carbocycles. The Morgan fingerprint density at radius 2 is 1.73 bits per heavy atom. The van der Waals surface area contributed by atoms with Crippen LogP contribution in [0, 0.1) is 6.92 Å². The van der Waals surface area contributed by atoms with Gasteiger partial charge in [-0.2, -0.15) is 0 Å². The van der Waals surface area contributed by atoms with E-state index >= 15 is 0 Å². The van der Waals surface area contributed by atoms with Crippen molar-refractivity contribution in [3.63, 3.8) is 0 Å². The second-order valence-corrected chi connectivity index (χ2v) is 7.30. The molecule has 2 aromatic rings. The molecule has 0 saturated heterocycles. The van der Waals surface area contributed by atoms with Crippen molar-refractivity contribution in [3.8, 4) is 0 Å². The molecule has 0 bridgehead atoms. The van der Waals surface area contributed by atoms with Gasteiger partial charge in [0.25, 0.3) is 11.8 Å². The van der Waals surface area contributed by atoms with Crippen molar-refractivity contribution in [1.82, 2.24) is 15.2 Å². The minimum Gasteiger partial charge on any atom is -0.349 e. The first-order valence-electron chi connectivity index (χ1n) is 9.23. The molecule has 4 rings (SSSR count). The third-order valence-electron chi connectivity index (χ3n) is 4.89. The molecule has 2 amide bonds. The summed E-state index contributed by atoms with van der Waals surface area (Å²) in [5.74, 6) is 0.00968. The number of aromatic nitrogens is 1. The number of nitrogens with zero attached hydrogens (tertiary/aromatic N) is 2. The number of carbonyl (C=O) groups is 2. The first-order chi connectivity index (χ1) is 12.6. The van der Waals surface area contributed by atoms with Crippen LogP contribution in [0.2, 0.25) is 0 Å². The molecule has 2 aliphatic carbocycles. The van der Waals surface area contributed by atoms with Crippen molar-refractivity contribution in [2.45, 2.75) is 51.2 Å². The molecule has 134 valence electrons. The minimum atomic E-state index is -0.0140. The number of benzene rings is 1. The lowest BCUT2D eigenvalue weighted by molar-refractivity contribution is 0.0729. The standard InChI is InChI=1S/C21H23N3O2/c1-14-2-5-17(12-22-14)21(26)24(19-10-11-19)13-15-3-6-16(7-4-15)20(25)23-18-8-9-18/h2-7,12,18-19H,8-11,13H2,1H3,(H,23,25). The molecule has 26 heavy (non-hydrogen) atoms. The third kappa shape index (κ3) is 3.93. The second-order valence-electron chi connectivity index (χ2n) is 7.30. The van der Waals surface area contributed by atoms with E-state index in [4.69, 9.17) is 0 Å². The van der Waals surface area contributed by atoms with Crippen LogP contribution in [-0.4, -0.2) is 33.8 Å². The Hall–Kier alpha value is -2.69. The zero-order chi connectivity index (χ0) is 18.1. The largest absolute Gasteiger partial charge is 0.349 e. The summed E-state index contributed by atoms with van der Waals surface area (Å²) in [6.45, 7) is 2.47. The fourth-order valence-electron chi connectivity index (χ4n) is 2.97. The van der Waals surface area contributed by atoms with Gasteiger partial charge in [-0.05, 0) is 62.4 Å². The van der Waals surface area contributed by atoms with E-state index in [1.807, 2.05) is 48.2 Å². The predicted molar refractivity (Wildman–Crippen MR) is 98.8 cm³/mol. The van der Waals surface area contributed by atoms with E-state index in [0.29, 0.717) is 29.8 Å². The lowest BCUT2D eigenvalue weighted by Gasteiger charge is -2.22. The molecule has 0 aliphatic heterocycles. The fraction of sp³-hybridized carbons (Fsp3) is 0.381. The van der Waals surface area contributed by atoms with Gasteiger partial charge in [0, 0.05) is 36.1 Å². The Morgan fingerprint density at radius 1 is 1.04 bits per heavy atom. The van der Waals surface area contributed by atoms with Crippen molar-refractivity contribution in [3.05, 3.63) is 65.0 Å². The van der Waals surface area contributed by atoms with Gasteiger partial charge in [-0.15, -0.1) is 0 Å². The number of pyridine rings is 1. The van der Waals surface area contributed by atoms with Gasteiger partial charge < -0.3 is 10.2 Å². The Kier molecular flexibility index (Phi) is 4.45. The quantitative estimate of drug-likeness (QED) is 0.872. The van der Waals surface area contributed by atoms with Crippen LogP contribution in [-0.2, 0) is 6.54 Å². The monoisotopic (exact) mass is 349 g/mol. The highest BCUT2D eigenvalue weighted by molar-refractivity contribution is 5.95. The van der Waals surface area contributed by atoms with Gasteiger partial charge in [0.15, 0.2) is 0 Å². The van der Waals surface area contributed by atoms with Gasteiger partial charge in [-0.25, -0.2) is 0 Å². The van der Waals surface area contributed by atoms with Crippen LogP contribution in [0.15, 0.2) is 42.6 Å². The Balaban J connectivity index is 1.45. The van der Waals surface area contributed by atoms with Crippen LogP contribution >= 0.6 is 0 Å². The molecular weight excluding hydrogens is 326 g/mol. The van der Waals surface area contributed by atoms with Crippen LogP contribution in [0.25, 0.3) is 0 Å². The molecule has 0 unspecified atom stereocenters. The van der Waals surface area contributed by atoms with Crippen LogP contribution in [0.3, 0.4) is 0 Å². The molecule has 5 heteroatoms. The molecule has 1 heterocycles. The average molecular weight is 349 g/mol. The first-order valence-corrected chi connectivity index (χ1v) is 9.23. The van der Waals surface area contributed by atoms with Gasteiger partial charge in [0.05, 0.1) is 5.56 Å². The van der Waals surface area contributed by atoms with Crippen molar-refractivity contribution in [1.29, 1.82) is 0 Å². The number of aryl methyl sites for hydroxylation is 1. The topological polar surface area (TPSA) is 62.3 Å². The highest BCUT2D eigenvalue weighted by Gasteiger charge is 2.33. The number of amides is 2. The molecule has 5 nitrogen and oxygen atoms in total. The van der Waals surface area contributed by atoms with Crippen molar-refractivity contribution in [2.75, 3.05) is 0 Å². The Labute approximate surface area is 153 Å². The van der Waals surface area contributed by atoms with E-state index in [-0.39, 0.29) is 11.8 Å². The van der Waals surface area contributed by atoms with Gasteiger partial charge >= 0.3 is 0 Å². The highest BCUT2D eigenvalue weighted by atomic mass is 16.2. The number of nitrogens with one attached hydrogen (secondary N) is 1. The maximum absolute atomic E-state index is 12.9. The van der Waals surface area contributed by atoms with Crippen molar-refractivity contribution < 1.29 is 9.59 Å². The van der Waals surface area contributed by atoms with Gasteiger partial charge in [0.1, 0.15) is 0 Å². The smallest absolute Gasteiger partial charge is 0.255 e. The molecule has 1 aromatic heterocycles. The van der Waals surface area contributed by atoms with Crippen LogP contribution < -0.4 is 5.32 Å². The maximum atomic E-state index is 12.9. The van der Waals surface area contributed by atoms with E-state index in [1.54, 1.807) is 6.20 Å². The Morgan fingerprint density at radius 3 is 2.31 bits per heavy atom. The van der Waals surface area contributed by atoms with Crippen LogP contribution in [0.5, 0.6) is 0 Å². The summed E-state index contributed by atoms with van der Waals surface area (Å²) >= 11 is 0. The number of rotatable bonds is 6. The molecule has 2 aliphatic rings. The van der Waals surface area contributed by atoms with E-state index in [9.17, 15) is 9.59 Å². The van der Waals surface area contributed by atoms with Gasteiger partial charge in [-0.1, -0.05) is 12.1 Å². The Bertz CT molecular complexity index is 806. The summed E-state index contributed by atoms with van der Waals surface area (Å²) < 4.78 is 0. The zero-order valence-electron chi connectivity index (χ0n) is 14.9. The van der Waals surface area contributed by atoms with E-state index in [1.165, 1.54) is 0 Å². The summed E-state index contributed by atoms with van der Waals surface area (Å²) in [5.41, 5.74) is 3.24. The van der Waals surface area contributed by atoms with Gasteiger partial charge in [0.2, 0.25) is 0 Å². The number of hydrogen-bond acceptors (Lipinski definition) is 3. The zero-order valence-corrected chi connectivity index (χ0v) is 14.9. The summed E-state index contributed by atoms with van der Waals surface area (Å²) in [6.07, 6.45) is 5.91. The predicted octanol–water partition coefficient (Wildman–Crippen LogP) is 3.09. The lowest BCUT2D eigenvalue weighted by atomic mass is 10.1. The molecule has 1 aromatic carbocycles. The summed E-state index contributed by atoms with van der Waals surface area (Å²) in [7, 11) is 0. The molecule has 0 radical (unpaired) electrons. The first kappa shape index (κ1) is 16.8. The molecule has 0 spiro atoms. The SMILES string of the molecule is Cc1ccc(C(=O)N(Cc2ccc(C(=O)NC3CC3)cc2)C2CC2)cn1.